The highest BCUT2D eigenvalue weighted by Crippen LogP contribution is 2.49. The Morgan fingerprint density at radius 3 is 2.00 bits per heavy atom. The number of hydrogen-bond acceptors (Lipinski definition) is 5. The van der Waals surface area contributed by atoms with Crippen molar-refractivity contribution >= 4 is 28.2 Å². The van der Waals surface area contributed by atoms with Crippen molar-refractivity contribution < 1.29 is 23.4 Å². The second-order valence-electron chi connectivity index (χ2n) is 12.6. The van der Waals surface area contributed by atoms with Crippen molar-refractivity contribution in [3.63, 3.8) is 0 Å². The number of fused-ring (bicyclic) bond motifs is 2. The van der Waals surface area contributed by atoms with Crippen molar-refractivity contribution in [2.75, 3.05) is 6.54 Å². The monoisotopic (exact) mass is 674 g/mol. The SMILES string of the molecule is O=C(O)c1cn(C2CC2)c2c(OC(F)F)c(-c3cc4c(s3)CN(C(c3ccccc3)(c3ccccc3)c3ccccc3)CC4)ccc2c1=O. The van der Waals surface area contributed by atoms with Crippen molar-refractivity contribution in [2.24, 2.45) is 0 Å². The van der Waals surface area contributed by atoms with E-state index < -0.39 is 23.5 Å². The molecule has 0 saturated heterocycles. The largest absolute Gasteiger partial charge is 0.477 e. The molecule has 8 rings (SSSR count). The van der Waals surface area contributed by atoms with Gasteiger partial charge in [-0.15, -0.1) is 11.3 Å². The molecule has 4 aromatic carbocycles. The van der Waals surface area contributed by atoms with Gasteiger partial charge in [-0.05, 0) is 59.7 Å². The molecule has 246 valence electrons. The molecule has 1 saturated carbocycles. The molecule has 6 aromatic rings. The quantitative estimate of drug-likeness (QED) is 0.155. The maximum Gasteiger partial charge on any atom is 0.387 e. The minimum Gasteiger partial charge on any atom is -0.477 e. The summed E-state index contributed by atoms with van der Waals surface area (Å²) < 4.78 is 35.0. The summed E-state index contributed by atoms with van der Waals surface area (Å²) in [4.78, 5) is 29.6. The molecule has 9 heteroatoms. The van der Waals surface area contributed by atoms with Gasteiger partial charge in [0.25, 0.3) is 0 Å². The molecule has 0 amide bonds. The Labute approximate surface area is 285 Å². The standard InChI is InChI=1S/C40H32F2N2O4S/c41-39(42)48-37-30(18-19-31-35(37)44(29-16-17-29)23-32(36(31)45)38(46)47)33-22-25-20-21-43(24-34(25)49-33)40(26-10-4-1-5-11-26,27-12-6-2-7-13-27)28-14-8-3-9-15-28/h1-15,18-19,22-23,29,39H,16-17,20-21,24H2,(H,46,47). The van der Waals surface area contributed by atoms with E-state index in [0.717, 1.165) is 57.8 Å². The summed E-state index contributed by atoms with van der Waals surface area (Å²) >= 11 is 1.54. The number of carboxylic acids is 1. The van der Waals surface area contributed by atoms with E-state index in [2.05, 4.69) is 83.8 Å². The Balaban J connectivity index is 1.28. The second kappa shape index (κ2) is 12.4. The lowest BCUT2D eigenvalue weighted by molar-refractivity contribution is -0.0486. The van der Waals surface area contributed by atoms with Gasteiger partial charge in [0.2, 0.25) is 5.43 Å². The predicted octanol–water partition coefficient (Wildman–Crippen LogP) is 8.71. The van der Waals surface area contributed by atoms with Crippen LogP contribution in [0.15, 0.2) is 120 Å². The van der Waals surface area contributed by atoms with Gasteiger partial charge >= 0.3 is 12.6 Å². The molecule has 0 spiro atoms. The number of thiophene rings is 1. The van der Waals surface area contributed by atoms with E-state index in [4.69, 9.17) is 4.74 Å². The molecule has 1 fully saturated rings. The summed E-state index contributed by atoms with van der Waals surface area (Å²) in [6.45, 7) is -1.77. The number of rotatable bonds is 9. The van der Waals surface area contributed by atoms with Crippen LogP contribution in [0.1, 0.15) is 56.4 Å². The summed E-state index contributed by atoms with van der Waals surface area (Å²) in [5, 5.41) is 9.78. The molecule has 2 aromatic heterocycles. The highest BCUT2D eigenvalue weighted by Gasteiger charge is 2.43. The third kappa shape index (κ3) is 5.34. The van der Waals surface area contributed by atoms with Crippen molar-refractivity contribution in [2.45, 2.75) is 44.0 Å². The van der Waals surface area contributed by atoms with Crippen LogP contribution in [0, 0.1) is 0 Å². The van der Waals surface area contributed by atoms with Gasteiger partial charge in [-0.2, -0.15) is 8.78 Å². The van der Waals surface area contributed by atoms with Gasteiger partial charge in [0.15, 0.2) is 5.75 Å². The summed E-state index contributed by atoms with van der Waals surface area (Å²) in [5.74, 6) is -1.45. The van der Waals surface area contributed by atoms with Crippen LogP contribution in [0.4, 0.5) is 8.78 Å². The number of nitrogens with zero attached hydrogens (tertiary/aromatic N) is 2. The minimum atomic E-state index is -3.14. The Hall–Kier alpha value is -5.12. The number of carbonyl (C=O) groups is 1. The zero-order valence-corrected chi connectivity index (χ0v) is 27.2. The maximum absolute atomic E-state index is 14.1. The number of aromatic carboxylic acids is 1. The van der Waals surface area contributed by atoms with Crippen LogP contribution in [-0.2, 0) is 18.5 Å². The fourth-order valence-corrected chi connectivity index (χ4v) is 8.69. The van der Waals surface area contributed by atoms with Crippen LogP contribution in [0.3, 0.4) is 0 Å². The lowest BCUT2D eigenvalue weighted by Gasteiger charge is -2.47. The number of aromatic nitrogens is 1. The smallest absolute Gasteiger partial charge is 0.387 e. The number of halogens is 2. The molecular formula is C40H32F2N2O4S. The minimum absolute atomic E-state index is 0.0528. The summed E-state index contributed by atoms with van der Waals surface area (Å²) in [5.41, 5.74) is 3.54. The molecule has 6 nitrogen and oxygen atoms in total. The fourth-order valence-electron chi connectivity index (χ4n) is 7.44. The van der Waals surface area contributed by atoms with Crippen LogP contribution >= 0.6 is 11.3 Å². The first-order valence-corrected chi connectivity index (χ1v) is 17.1. The van der Waals surface area contributed by atoms with E-state index in [9.17, 15) is 23.5 Å². The average Bonchev–Trinajstić information content (AvgIpc) is 3.88. The van der Waals surface area contributed by atoms with Gasteiger partial charge in [-0.1, -0.05) is 91.0 Å². The van der Waals surface area contributed by atoms with E-state index in [0.29, 0.717) is 12.1 Å². The number of hydrogen-bond donors (Lipinski definition) is 1. The maximum atomic E-state index is 14.1. The highest BCUT2D eigenvalue weighted by molar-refractivity contribution is 7.15. The zero-order valence-electron chi connectivity index (χ0n) is 26.4. The number of ether oxygens (including phenoxy) is 1. The molecule has 0 radical (unpaired) electrons. The van der Waals surface area contributed by atoms with Crippen molar-refractivity contribution in [3.05, 3.63) is 158 Å². The van der Waals surface area contributed by atoms with E-state index in [1.54, 1.807) is 16.7 Å². The summed E-state index contributed by atoms with van der Waals surface area (Å²) in [7, 11) is 0. The van der Waals surface area contributed by atoms with Gasteiger partial charge in [-0.3, -0.25) is 9.69 Å². The van der Waals surface area contributed by atoms with Crippen molar-refractivity contribution in [3.8, 4) is 16.2 Å². The molecule has 49 heavy (non-hydrogen) atoms. The zero-order chi connectivity index (χ0) is 33.7. The average molecular weight is 675 g/mol. The first kappa shape index (κ1) is 31.2. The topological polar surface area (TPSA) is 71.8 Å². The molecule has 0 unspecified atom stereocenters. The predicted molar refractivity (Wildman–Crippen MR) is 187 cm³/mol. The van der Waals surface area contributed by atoms with E-state index in [-0.39, 0.29) is 28.3 Å². The number of pyridine rings is 1. The Morgan fingerprint density at radius 1 is 0.878 bits per heavy atom. The normalized spacial score (nSPS) is 15.0. The molecule has 0 atom stereocenters. The third-order valence-corrected chi connectivity index (χ3v) is 10.9. The number of carboxylic acid groups (broad SMARTS) is 1. The van der Waals surface area contributed by atoms with Gasteiger partial charge in [0, 0.05) is 40.6 Å². The van der Waals surface area contributed by atoms with E-state index >= 15 is 0 Å². The highest BCUT2D eigenvalue weighted by atomic mass is 32.1. The third-order valence-electron chi connectivity index (χ3n) is 9.72. The van der Waals surface area contributed by atoms with Crippen LogP contribution < -0.4 is 10.2 Å². The lowest BCUT2D eigenvalue weighted by Crippen LogP contribution is -2.49. The van der Waals surface area contributed by atoms with Gasteiger partial charge in [0.05, 0.1) is 16.4 Å². The van der Waals surface area contributed by atoms with Gasteiger partial charge in [-0.25, -0.2) is 4.79 Å². The summed E-state index contributed by atoms with van der Waals surface area (Å²) in [6.07, 6.45) is 3.53. The molecular weight excluding hydrogens is 643 g/mol. The van der Waals surface area contributed by atoms with Crippen LogP contribution in [-0.4, -0.2) is 33.7 Å². The molecule has 1 N–H and O–H groups in total. The van der Waals surface area contributed by atoms with Crippen LogP contribution in [0.5, 0.6) is 5.75 Å². The van der Waals surface area contributed by atoms with Crippen molar-refractivity contribution in [1.29, 1.82) is 0 Å². The van der Waals surface area contributed by atoms with E-state index in [1.807, 2.05) is 18.2 Å². The Kier molecular flexibility index (Phi) is 7.89. The lowest BCUT2D eigenvalue weighted by atomic mass is 9.75. The second-order valence-corrected chi connectivity index (χ2v) is 13.7. The number of benzene rings is 4. The molecule has 1 aliphatic carbocycles. The molecule has 1 aliphatic heterocycles. The van der Waals surface area contributed by atoms with Gasteiger partial charge < -0.3 is 14.4 Å². The van der Waals surface area contributed by atoms with Gasteiger partial charge in [0.1, 0.15) is 5.56 Å². The molecule has 0 bridgehead atoms. The van der Waals surface area contributed by atoms with Crippen molar-refractivity contribution in [1.82, 2.24) is 9.47 Å². The van der Waals surface area contributed by atoms with E-state index in [1.165, 1.54) is 17.5 Å². The van der Waals surface area contributed by atoms with Crippen LogP contribution in [0.25, 0.3) is 21.3 Å². The molecule has 2 aliphatic rings. The first-order valence-electron chi connectivity index (χ1n) is 16.3. The Bertz CT molecular complexity index is 2140. The summed E-state index contributed by atoms with van der Waals surface area (Å²) in [6, 6.07) is 36.7. The molecule has 3 heterocycles. The first-order chi connectivity index (χ1) is 23.9. The van der Waals surface area contributed by atoms with Crippen LogP contribution in [0.2, 0.25) is 0 Å². The Morgan fingerprint density at radius 2 is 1.47 bits per heavy atom. The fraction of sp³-hybridized carbons (Fsp3) is 0.200. The number of alkyl halides is 2.